The molecule has 1 aromatic rings. The van der Waals surface area contributed by atoms with Gasteiger partial charge in [0, 0.05) is 23.7 Å². The fourth-order valence-electron chi connectivity index (χ4n) is 3.07. The van der Waals surface area contributed by atoms with Crippen molar-refractivity contribution in [3.63, 3.8) is 0 Å². The van der Waals surface area contributed by atoms with Crippen LogP contribution in [0.1, 0.15) is 55.8 Å². The number of amides is 1. The van der Waals surface area contributed by atoms with Crippen molar-refractivity contribution in [2.24, 2.45) is 5.92 Å². The number of nitro benzene ring substituents is 1. The van der Waals surface area contributed by atoms with Gasteiger partial charge in [-0.25, -0.2) is 0 Å². The van der Waals surface area contributed by atoms with E-state index in [-0.39, 0.29) is 23.7 Å². The van der Waals surface area contributed by atoms with Crippen molar-refractivity contribution in [2.45, 2.75) is 57.5 Å². The van der Waals surface area contributed by atoms with E-state index < -0.39 is 4.92 Å². The molecule has 1 amide bonds. The summed E-state index contributed by atoms with van der Waals surface area (Å²) in [5.41, 5.74) is 0.844. The van der Waals surface area contributed by atoms with Gasteiger partial charge in [-0.15, -0.1) is 0 Å². The zero-order valence-electron chi connectivity index (χ0n) is 13.4. The predicted octanol–water partition coefficient (Wildman–Crippen LogP) is 3.48. The fraction of sp³-hybridized carbons (Fsp3) is 0.588. The van der Waals surface area contributed by atoms with Crippen molar-refractivity contribution in [3.8, 4) is 0 Å². The molecular formula is C17H23N3O3. The molecule has 0 atom stereocenters. The summed E-state index contributed by atoms with van der Waals surface area (Å²) in [4.78, 5) is 23.0. The highest BCUT2D eigenvalue weighted by molar-refractivity contribution is 5.96. The molecule has 0 radical (unpaired) electrons. The van der Waals surface area contributed by atoms with Crippen molar-refractivity contribution in [1.82, 2.24) is 5.32 Å². The Labute approximate surface area is 135 Å². The molecule has 0 aromatic heterocycles. The number of carbonyl (C=O) groups excluding carboxylic acids is 1. The van der Waals surface area contributed by atoms with Gasteiger partial charge in [0.05, 0.1) is 4.92 Å². The number of nitrogens with zero attached hydrogens (tertiary/aromatic N) is 1. The van der Waals surface area contributed by atoms with E-state index in [9.17, 15) is 14.9 Å². The van der Waals surface area contributed by atoms with E-state index in [0.717, 1.165) is 44.4 Å². The first-order valence-electron chi connectivity index (χ1n) is 8.39. The number of nitrogens with one attached hydrogen (secondary N) is 2. The van der Waals surface area contributed by atoms with Gasteiger partial charge in [0.1, 0.15) is 5.69 Å². The average molecular weight is 317 g/mol. The first-order valence-corrected chi connectivity index (χ1v) is 8.39. The van der Waals surface area contributed by atoms with Crippen LogP contribution in [-0.4, -0.2) is 22.9 Å². The minimum absolute atomic E-state index is 0.0212. The summed E-state index contributed by atoms with van der Waals surface area (Å²) in [7, 11) is 0. The van der Waals surface area contributed by atoms with Crippen LogP contribution in [0.15, 0.2) is 18.2 Å². The second-order valence-electron chi connectivity index (χ2n) is 6.84. The van der Waals surface area contributed by atoms with E-state index in [1.807, 2.05) is 0 Å². The standard InChI is InChI=1S/C17H23N3O3/c1-11-2-5-13(6-3-11)18-15-9-4-12(10-16(15)20(22)23)17(21)19-14-7-8-14/h4,9-11,13-14,18H,2-3,5-8H2,1H3,(H,19,21). The van der Waals surface area contributed by atoms with Gasteiger partial charge < -0.3 is 10.6 Å². The monoisotopic (exact) mass is 317 g/mol. The Kier molecular flexibility index (Phi) is 4.50. The maximum Gasteiger partial charge on any atom is 0.293 e. The van der Waals surface area contributed by atoms with E-state index in [0.29, 0.717) is 11.3 Å². The Morgan fingerprint density at radius 1 is 1.13 bits per heavy atom. The zero-order valence-corrected chi connectivity index (χ0v) is 13.4. The Morgan fingerprint density at radius 2 is 1.78 bits per heavy atom. The van der Waals surface area contributed by atoms with Crippen LogP contribution in [0.2, 0.25) is 0 Å². The highest BCUT2D eigenvalue weighted by Gasteiger charge is 2.26. The molecule has 6 nitrogen and oxygen atoms in total. The molecule has 3 rings (SSSR count). The smallest absolute Gasteiger partial charge is 0.293 e. The molecule has 23 heavy (non-hydrogen) atoms. The largest absolute Gasteiger partial charge is 0.377 e. The third-order valence-corrected chi connectivity index (χ3v) is 4.74. The summed E-state index contributed by atoms with van der Waals surface area (Å²) >= 11 is 0. The van der Waals surface area contributed by atoms with Crippen molar-refractivity contribution < 1.29 is 9.72 Å². The lowest BCUT2D eigenvalue weighted by atomic mass is 9.87. The number of rotatable bonds is 5. The Bertz CT molecular complexity index is 605. The van der Waals surface area contributed by atoms with Gasteiger partial charge in [-0.05, 0) is 56.6 Å². The van der Waals surface area contributed by atoms with Crippen LogP contribution >= 0.6 is 0 Å². The first kappa shape index (κ1) is 15.8. The third-order valence-electron chi connectivity index (χ3n) is 4.74. The summed E-state index contributed by atoms with van der Waals surface area (Å²) in [6.07, 6.45) is 6.34. The second kappa shape index (κ2) is 6.56. The summed E-state index contributed by atoms with van der Waals surface area (Å²) in [5, 5.41) is 17.5. The number of hydrogen-bond donors (Lipinski definition) is 2. The van der Waals surface area contributed by atoms with Crippen molar-refractivity contribution >= 4 is 17.3 Å². The molecule has 2 N–H and O–H groups in total. The summed E-state index contributed by atoms with van der Waals surface area (Å²) in [5.74, 6) is 0.505. The number of carbonyl (C=O) groups is 1. The van der Waals surface area contributed by atoms with Crippen LogP contribution in [0.3, 0.4) is 0 Å². The fourth-order valence-corrected chi connectivity index (χ4v) is 3.07. The number of hydrogen-bond acceptors (Lipinski definition) is 4. The minimum Gasteiger partial charge on any atom is -0.377 e. The lowest BCUT2D eigenvalue weighted by molar-refractivity contribution is -0.384. The van der Waals surface area contributed by atoms with Crippen molar-refractivity contribution in [3.05, 3.63) is 33.9 Å². The van der Waals surface area contributed by atoms with Gasteiger partial charge in [0.25, 0.3) is 11.6 Å². The molecule has 2 aliphatic rings. The topological polar surface area (TPSA) is 84.3 Å². The van der Waals surface area contributed by atoms with Crippen LogP contribution in [-0.2, 0) is 0 Å². The van der Waals surface area contributed by atoms with Gasteiger partial charge in [-0.2, -0.15) is 0 Å². The molecule has 1 aromatic carbocycles. The number of nitro groups is 1. The van der Waals surface area contributed by atoms with E-state index >= 15 is 0 Å². The average Bonchev–Trinajstić information content (AvgIpc) is 3.33. The van der Waals surface area contributed by atoms with Gasteiger partial charge in [0.15, 0.2) is 0 Å². The maximum atomic E-state index is 12.1. The second-order valence-corrected chi connectivity index (χ2v) is 6.84. The van der Waals surface area contributed by atoms with Gasteiger partial charge in [-0.3, -0.25) is 14.9 Å². The van der Waals surface area contributed by atoms with Crippen molar-refractivity contribution in [2.75, 3.05) is 5.32 Å². The number of benzene rings is 1. The molecule has 0 bridgehead atoms. The highest BCUT2D eigenvalue weighted by Crippen LogP contribution is 2.31. The maximum absolute atomic E-state index is 12.1. The molecule has 0 aliphatic heterocycles. The molecular weight excluding hydrogens is 294 g/mol. The van der Waals surface area contributed by atoms with E-state index in [1.165, 1.54) is 6.07 Å². The van der Waals surface area contributed by atoms with Crippen LogP contribution in [0, 0.1) is 16.0 Å². The van der Waals surface area contributed by atoms with E-state index in [4.69, 9.17) is 0 Å². The normalized spacial score (nSPS) is 24.0. The molecule has 2 saturated carbocycles. The van der Waals surface area contributed by atoms with Crippen LogP contribution < -0.4 is 10.6 Å². The first-order chi connectivity index (χ1) is 11.0. The Hall–Kier alpha value is -2.11. The molecule has 0 unspecified atom stereocenters. The summed E-state index contributed by atoms with van der Waals surface area (Å²) < 4.78 is 0. The van der Waals surface area contributed by atoms with Gasteiger partial charge in [0.2, 0.25) is 0 Å². The quantitative estimate of drug-likeness (QED) is 0.643. The molecule has 0 heterocycles. The van der Waals surface area contributed by atoms with Crippen LogP contribution in [0.5, 0.6) is 0 Å². The minimum atomic E-state index is -0.415. The van der Waals surface area contributed by atoms with Gasteiger partial charge in [-0.1, -0.05) is 6.92 Å². The Balaban J connectivity index is 1.74. The Morgan fingerprint density at radius 3 is 2.39 bits per heavy atom. The number of anilines is 1. The van der Waals surface area contributed by atoms with Crippen molar-refractivity contribution in [1.29, 1.82) is 0 Å². The molecule has 6 heteroatoms. The third kappa shape index (κ3) is 4.00. The lowest BCUT2D eigenvalue weighted by Crippen LogP contribution is -2.26. The van der Waals surface area contributed by atoms with E-state index in [2.05, 4.69) is 17.6 Å². The highest BCUT2D eigenvalue weighted by atomic mass is 16.6. The van der Waals surface area contributed by atoms with E-state index in [1.54, 1.807) is 12.1 Å². The van der Waals surface area contributed by atoms with Crippen LogP contribution in [0.4, 0.5) is 11.4 Å². The zero-order chi connectivity index (χ0) is 16.4. The SMILES string of the molecule is CC1CCC(Nc2ccc(C(=O)NC3CC3)cc2[N+](=O)[O-])CC1. The summed E-state index contributed by atoms with van der Waals surface area (Å²) in [6, 6.07) is 5.22. The molecule has 124 valence electrons. The molecule has 0 saturated heterocycles. The van der Waals surface area contributed by atoms with Crippen LogP contribution in [0.25, 0.3) is 0 Å². The molecule has 2 aliphatic carbocycles. The predicted molar refractivity (Wildman–Crippen MR) is 88.6 cm³/mol. The summed E-state index contributed by atoms with van der Waals surface area (Å²) in [6.45, 7) is 2.24. The van der Waals surface area contributed by atoms with Gasteiger partial charge >= 0.3 is 0 Å². The molecule has 0 spiro atoms. The molecule has 2 fully saturated rings. The lowest BCUT2D eigenvalue weighted by Gasteiger charge is -2.27.